The fraction of sp³-hybridized carbons (Fsp3) is 0.200. The van der Waals surface area contributed by atoms with Crippen LogP contribution in [0.5, 0.6) is 5.88 Å². The van der Waals surface area contributed by atoms with Crippen molar-refractivity contribution >= 4 is 27.8 Å². The Morgan fingerprint density at radius 3 is 2.76 bits per heavy atom. The van der Waals surface area contributed by atoms with E-state index < -0.39 is 0 Å². The standard InChI is InChI=1S/C25H21N5O4/c1-16-14-29(15-27-16)18-6-7-19-24(31)28(10-11-30(19)25(18)32)12-13-33-23-22-17-4-2-3-5-20(17)34-21(22)8-9-26-23/h2-9,14-15H,10-13H2,1H3. The monoisotopic (exact) mass is 455 g/mol. The Morgan fingerprint density at radius 1 is 1.03 bits per heavy atom. The quantitative estimate of drug-likeness (QED) is 0.404. The zero-order valence-electron chi connectivity index (χ0n) is 18.5. The molecule has 1 amide bonds. The Balaban J connectivity index is 1.20. The fourth-order valence-electron chi connectivity index (χ4n) is 4.42. The lowest BCUT2D eigenvalue weighted by Crippen LogP contribution is -2.46. The molecule has 6 rings (SSSR count). The average molecular weight is 455 g/mol. The third-order valence-corrected chi connectivity index (χ3v) is 6.10. The Labute approximate surface area is 193 Å². The summed E-state index contributed by atoms with van der Waals surface area (Å²) in [7, 11) is 0. The first kappa shape index (κ1) is 20.2. The van der Waals surface area contributed by atoms with Gasteiger partial charge in [0.25, 0.3) is 11.5 Å². The Morgan fingerprint density at radius 2 is 1.91 bits per heavy atom. The first-order chi connectivity index (χ1) is 16.6. The van der Waals surface area contributed by atoms with Crippen molar-refractivity contribution in [3.8, 4) is 11.6 Å². The number of aromatic nitrogens is 4. The van der Waals surface area contributed by atoms with Gasteiger partial charge in [0.15, 0.2) is 0 Å². The van der Waals surface area contributed by atoms with E-state index in [1.54, 1.807) is 40.3 Å². The maximum absolute atomic E-state index is 13.1. The molecule has 0 saturated heterocycles. The zero-order valence-corrected chi connectivity index (χ0v) is 18.5. The Kier molecular flexibility index (Phi) is 4.68. The molecule has 0 radical (unpaired) electrons. The molecule has 1 aromatic carbocycles. The van der Waals surface area contributed by atoms with Crippen molar-refractivity contribution in [2.75, 3.05) is 19.7 Å². The van der Waals surface area contributed by atoms with Gasteiger partial charge in [-0.2, -0.15) is 0 Å². The number of rotatable bonds is 5. The van der Waals surface area contributed by atoms with Crippen LogP contribution in [0.3, 0.4) is 0 Å². The van der Waals surface area contributed by atoms with Crippen LogP contribution in [0.1, 0.15) is 16.2 Å². The van der Waals surface area contributed by atoms with E-state index in [0.717, 1.165) is 22.0 Å². The lowest BCUT2D eigenvalue weighted by Gasteiger charge is -2.29. The minimum Gasteiger partial charge on any atom is -0.475 e. The van der Waals surface area contributed by atoms with Gasteiger partial charge in [0, 0.05) is 36.9 Å². The van der Waals surface area contributed by atoms with Crippen LogP contribution in [0.2, 0.25) is 0 Å². The number of hydrogen-bond donors (Lipinski definition) is 0. The van der Waals surface area contributed by atoms with Crippen molar-refractivity contribution in [2.45, 2.75) is 13.5 Å². The van der Waals surface area contributed by atoms with E-state index >= 15 is 0 Å². The van der Waals surface area contributed by atoms with E-state index in [-0.39, 0.29) is 18.1 Å². The number of pyridine rings is 2. The molecule has 0 aliphatic carbocycles. The van der Waals surface area contributed by atoms with E-state index in [1.165, 1.54) is 4.57 Å². The normalized spacial score (nSPS) is 13.6. The molecule has 0 N–H and O–H groups in total. The number of carbonyl (C=O) groups is 1. The first-order valence-electron chi connectivity index (χ1n) is 11.0. The molecule has 170 valence electrons. The first-order valence-corrected chi connectivity index (χ1v) is 11.0. The topological polar surface area (TPSA) is 95.4 Å². The number of hydrogen-bond acceptors (Lipinski definition) is 6. The number of amides is 1. The van der Waals surface area contributed by atoms with E-state index in [9.17, 15) is 9.59 Å². The van der Waals surface area contributed by atoms with Gasteiger partial charge in [-0.15, -0.1) is 0 Å². The lowest BCUT2D eigenvalue weighted by molar-refractivity contribution is 0.0672. The van der Waals surface area contributed by atoms with E-state index in [4.69, 9.17) is 9.15 Å². The summed E-state index contributed by atoms with van der Waals surface area (Å²) in [6.45, 7) is 3.35. The van der Waals surface area contributed by atoms with Crippen LogP contribution in [-0.4, -0.2) is 49.6 Å². The van der Waals surface area contributed by atoms with Gasteiger partial charge < -0.3 is 23.2 Å². The second-order valence-electron chi connectivity index (χ2n) is 8.21. The summed E-state index contributed by atoms with van der Waals surface area (Å²) < 4.78 is 15.1. The number of benzene rings is 1. The second kappa shape index (κ2) is 7.87. The number of nitrogens with zero attached hydrogens (tertiary/aromatic N) is 5. The summed E-state index contributed by atoms with van der Waals surface area (Å²) in [4.78, 5) is 36.3. The lowest BCUT2D eigenvalue weighted by atomic mass is 10.2. The molecule has 0 unspecified atom stereocenters. The SMILES string of the molecule is Cc1cn(-c2ccc3n(c2=O)CCN(CCOc2nccc4oc5ccccc5c24)C3=O)cn1. The minimum absolute atomic E-state index is 0.194. The van der Waals surface area contributed by atoms with E-state index in [2.05, 4.69) is 9.97 Å². The van der Waals surface area contributed by atoms with Gasteiger partial charge in [-0.25, -0.2) is 9.97 Å². The summed E-state index contributed by atoms with van der Waals surface area (Å²) in [5.74, 6) is 0.282. The Hall–Kier alpha value is -4.40. The summed E-state index contributed by atoms with van der Waals surface area (Å²) >= 11 is 0. The van der Waals surface area contributed by atoms with E-state index in [0.29, 0.717) is 42.5 Å². The zero-order chi connectivity index (χ0) is 23.2. The number of fused-ring (bicyclic) bond motifs is 4. The number of aryl methyl sites for hydroxylation is 1. The van der Waals surface area contributed by atoms with Crippen molar-refractivity contribution in [3.63, 3.8) is 0 Å². The molecule has 9 nitrogen and oxygen atoms in total. The van der Waals surface area contributed by atoms with Gasteiger partial charge in [-0.1, -0.05) is 18.2 Å². The highest BCUT2D eigenvalue weighted by Crippen LogP contribution is 2.33. The third-order valence-electron chi connectivity index (χ3n) is 6.10. The summed E-state index contributed by atoms with van der Waals surface area (Å²) in [5, 5.41) is 1.76. The molecule has 1 aliphatic heterocycles. The predicted molar refractivity (Wildman–Crippen MR) is 125 cm³/mol. The van der Waals surface area contributed by atoms with Crippen molar-refractivity contribution in [2.24, 2.45) is 0 Å². The van der Waals surface area contributed by atoms with Crippen LogP contribution < -0.4 is 10.3 Å². The molecular formula is C25H21N5O4. The molecule has 0 saturated carbocycles. The molecule has 4 aromatic heterocycles. The van der Waals surface area contributed by atoms with Crippen molar-refractivity contribution in [3.05, 3.63) is 82.9 Å². The van der Waals surface area contributed by atoms with E-state index in [1.807, 2.05) is 37.3 Å². The summed E-state index contributed by atoms with van der Waals surface area (Å²) in [6, 6.07) is 12.9. The molecule has 0 bridgehead atoms. The van der Waals surface area contributed by atoms with Gasteiger partial charge in [-0.05, 0) is 25.1 Å². The fourth-order valence-corrected chi connectivity index (χ4v) is 4.42. The number of furan rings is 1. The molecule has 0 spiro atoms. The van der Waals surface area contributed by atoms with Crippen molar-refractivity contribution < 1.29 is 13.9 Å². The highest BCUT2D eigenvalue weighted by atomic mass is 16.5. The van der Waals surface area contributed by atoms with Crippen molar-refractivity contribution in [1.82, 2.24) is 24.0 Å². The summed E-state index contributed by atoms with van der Waals surface area (Å²) in [6.07, 6.45) is 5.04. The van der Waals surface area contributed by atoms with Crippen LogP contribution >= 0.6 is 0 Å². The maximum atomic E-state index is 13.1. The van der Waals surface area contributed by atoms with Crippen LogP contribution in [-0.2, 0) is 6.54 Å². The molecule has 5 heterocycles. The van der Waals surface area contributed by atoms with Gasteiger partial charge >= 0.3 is 0 Å². The van der Waals surface area contributed by atoms with Gasteiger partial charge in [0.05, 0.1) is 24.0 Å². The molecule has 0 atom stereocenters. The van der Waals surface area contributed by atoms with Gasteiger partial charge in [-0.3, -0.25) is 9.59 Å². The van der Waals surface area contributed by atoms with Crippen LogP contribution in [0.25, 0.3) is 27.6 Å². The smallest absolute Gasteiger partial charge is 0.275 e. The van der Waals surface area contributed by atoms with Crippen molar-refractivity contribution in [1.29, 1.82) is 0 Å². The molecule has 1 aliphatic rings. The number of imidazole rings is 1. The molecule has 5 aromatic rings. The number of ether oxygens (including phenoxy) is 1. The van der Waals surface area contributed by atoms with Crippen LogP contribution in [0, 0.1) is 6.92 Å². The highest BCUT2D eigenvalue weighted by molar-refractivity contribution is 6.07. The average Bonchev–Trinajstić information content (AvgIpc) is 3.44. The Bertz CT molecular complexity index is 1610. The molecular weight excluding hydrogens is 434 g/mol. The third kappa shape index (κ3) is 3.24. The highest BCUT2D eigenvalue weighted by Gasteiger charge is 2.26. The number of carbonyl (C=O) groups excluding carboxylic acids is 1. The number of para-hydroxylation sites is 1. The molecule has 34 heavy (non-hydrogen) atoms. The largest absolute Gasteiger partial charge is 0.475 e. The maximum Gasteiger partial charge on any atom is 0.275 e. The minimum atomic E-state index is -0.207. The predicted octanol–water partition coefficient (Wildman–Crippen LogP) is 3.17. The van der Waals surface area contributed by atoms with Crippen LogP contribution in [0.4, 0.5) is 0 Å². The van der Waals surface area contributed by atoms with Gasteiger partial charge in [0.1, 0.15) is 29.2 Å². The molecule has 0 fully saturated rings. The van der Waals surface area contributed by atoms with Gasteiger partial charge in [0.2, 0.25) is 5.88 Å². The second-order valence-corrected chi connectivity index (χ2v) is 8.21. The summed E-state index contributed by atoms with van der Waals surface area (Å²) in [5.41, 5.74) is 2.93. The van der Waals surface area contributed by atoms with Crippen LogP contribution in [0.15, 0.2) is 70.4 Å². The molecule has 9 heteroatoms.